The molecule has 4 nitrogen and oxygen atoms in total. The lowest BCUT2D eigenvalue weighted by Gasteiger charge is -2.34. The van der Waals surface area contributed by atoms with Crippen molar-refractivity contribution in [2.24, 2.45) is 0 Å². The van der Waals surface area contributed by atoms with Gasteiger partial charge in [-0.25, -0.2) is 0 Å². The van der Waals surface area contributed by atoms with E-state index in [0.29, 0.717) is 24.5 Å². The molecule has 0 saturated carbocycles. The number of alkyl halides is 1. The van der Waals surface area contributed by atoms with E-state index in [9.17, 15) is 9.90 Å². The van der Waals surface area contributed by atoms with Crippen LogP contribution in [0.25, 0.3) is 0 Å². The van der Waals surface area contributed by atoms with E-state index in [1.807, 2.05) is 0 Å². The van der Waals surface area contributed by atoms with Gasteiger partial charge in [0.15, 0.2) is 0 Å². The van der Waals surface area contributed by atoms with Crippen molar-refractivity contribution in [1.29, 1.82) is 0 Å². The predicted molar refractivity (Wildman–Crippen MR) is 78.9 cm³/mol. The van der Waals surface area contributed by atoms with Gasteiger partial charge in [-0.3, -0.25) is 9.69 Å². The van der Waals surface area contributed by atoms with Crippen LogP contribution in [0, 0.1) is 0 Å². The van der Waals surface area contributed by atoms with Crippen molar-refractivity contribution in [2.45, 2.75) is 0 Å². The van der Waals surface area contributed by atoms with Crippen LogP contribution in [0.5, 0.6) is 5.75 Å². The summed E-state index contributed by atoms with van der Waals surface area (Å²) in [6.07, 6.45) is 0. The van der Waals surface area contributed by atoms with Gasteiger partial charge in [0.25, 0.3) is 5.91 Å². The van der Waals surface area contributed by atoms with E-state index < -0.39 is 0 Å². The van der Waals surface area contributed by atoms with Gasteiger partial charge < -0.3 is 10.0 Å². The lowest BCUT2D eigenvalue weighted by Crippen LogP contribution is -2.49. The smallest absolute Gasteiger partial charge is 0.257 e. The molecule has 0 aliphatic carbocycles. The van der Waals surface area contributed by atoms with Crippen LogP contribution in [0.15, 0.2) is 22.7 Å². The van der Waals surface area contributed by atoms with Crippen LogP contribution in [0.2, 0.25) is 0 Å². The first-order chi connectivity index (χ1) is 9.11. The third-order valence-electron chi connectivity index (χ3n) is 3.25. The molecule has 0 spiro atoms. The Kier molecular flexibility index (Phi) is 5.07. The predicted octanol–water partition coefficient (Wildman–Crippen LogP) is 2.15. The van der Waals surface area contributed by atoms with E-state index in [0.717, 1.165) is 24.1 Å². The number of phenols is 1. The molecule has 1 aliphatic rings. The maximum atomic E-state index is 12.3. The van der Waals surface area contributed by atoms with E-state index in [4.69, 9.17) is 11.6 Å². The second-order valence-corrected chi connectivity index (χ2v) is 5.78. The molecule has 1 aromatic rings. The minimum Gasteiger partial charge on any atom is -0.507 e. The summed E-state index contributed by atoms with van der Waals surface area (Å²) in [6.45, 7) is 3.86. The number of aromatic hydroxyl groups is 1. The van der Waals surface area contributed by atoms with Crippen LogP contribution in [-0.4, -0.2) is 59.4 Å². The number of phenolic OH excluding ortho intramolecular Hbond substituents is 1. The Balaban J connectivity index is 2.01. The van der Waals surface area contributed by atoms with Crippen LogP contribution in [0.1, 0.15) is 10.4 Å². The van der Waals surface area contributed by atoms with Gasteiger partial charge >= 0.3 is 0 Å². The summed E-state index contributed by atoms with van der Waals surface area (Å²) >= 11 is 8.97. The molecule has 1 heterocycles. The highest BCUT2D eigenvalue weighted by Crippen LogP contribution is 2.24. The van der Waals surface area contributed by atoms with Gasteiger partial charge in [-0.05, 0) is 18.2 Å². The summed E-state index contributed by atoms with van der Waals surface area (Å²) in [5, 5.41) is 9.82. The Bertz CT molecular complexity index is 462. The molecule has 19 heavy (non-hydrogen) atoms. The topological polar surface area (TPSA) is 43.8 Å². The minimum absolute atomic E-state index is 0.0163. The molecule has 104 valence electrons. The molecule has 2 rings (SSSR count). The summed E-state index contributed by atoms with van der Waals surface area (Å²) in [4.78, 5) is 16.3. The summed E-state index contributed by atoms with van der Waals surface area (Å²) < 4.78 is 0.758. The number of piperazine rings is 1. The van der Waals surface area contributed by atoms with Crippen molar-refractivity contribution in [1.82, 2.24) is 9.80 Å². The number of hydrogen-bond donors (Lipinski definition) is 1. The quantitative estimate of drug-likeness (QED) is 0.852. The number of hydrogen-bond acceptors (Lipinski definition) is 3. The Hall–Kier alpha value is -0.780. The van der Waals surface area contributed by atoms with Crippen LogP contribution < -0.4 is 0 Å². The number of amides is 1. The fourth-order valence-electron chi connectivity index (χ4n) is 2.15. The zero-order chi connectivity index (χ0) is 13.8. The van der Waals surface area contributed by atoms with Gasteiger partial charge in [-0.1, -0.05) is 15.9 Å². The Morgan fingerprint density at radius 2 is 2.00 bits per heavy atom. The van der Waals surface area contributed by atoms with Gasteiger partial charge in [0.05, 0.1) is 5.56 Å². The number of halogens is 2. The molecule has 1 aliphatic heterocycles. The fraction of sp³-hybridized carbons (Fsp3) is 0.462. The minimum atomic E-state index is -0.115. The van der Waals surface area contributed by atoms with Crippen LogP contribution in [0.3, 0.4) is 0 Å². The standard InChI is InChI=1S/C13H16BrClN2O2/c14-10-1-2-11(12(18)9-10)13(19)17-7-5-16(4-3-15)6-8-17/h1-2,9,18H,3-8H2. The van der Waals surface area contributed by atoms with Crippen molar-refractivity contribution in [3.8, 4) is 5.75 Å². The fourth-order valence-corrected chi connectivity index (χ4v) is 2.74. The van der Waals surface area contributed by atoms with Gasteiger partial charge in [0.1, 0.15) is 5.75 Å². The first-order valence-corrected chi connectivity index (χ1v) is 7.50. The zero-order valence-corrected chi connectivity index (χ0v) is 12.8. The number of rotatable bonds is 3. The van der Waals surface area contributed by atoms with Crippen molar-refractivity contribution >= 4 is 33.4 Å². The maximum absolute atomic E-state index is 12.3. The Labute approximate surface area is 126 Å². The molecular weight excluding hydrogens is 332 g/mol. The summed E-state index contributed by atoms with van der Waals surface area (Å²) in [6, 6.07) is 4.95. The molecule has 0 radical (unpaired) electrons. The van der Waals surface area contributed by atoms with E-state index in [1.54, 1.807) is 17.0 Å². The van der Waals surface area contributed by atoms with Crippen LogP contribution in [0.4, 0.5) is 0 Å². The van der Waals surface area contributed by atoms with E-state index in [-0.39, 0.29) is 11.7 Å². The second-order valence-electron chi connectivity index (χ2n) is 4.48. The first kappa shape index (κ1) is 14.6. The molecule has 1 fully saturated rings. The van der Waals surface area contributed by atoms with Crippen molar-refractivity contribution in [2.75, 3.05) is 38.6 Å². The van der Waals surface area contributed by atoms with Crippen molar-refractivity contribution in [3.63, 3.8) is 0 Å². The normalized spacial score (nSPS) is 16.6. The number of benzene rings is 1. The number of carbonyl (C=O) groups excluding carboxylic acids is 1. The zero-order valence-electron chi connectivity index (χ0n) is 10.5. The average Bonchev–Trinajstić information content (AvgIpc) is 2.39. The largest absolute Gasteiger partial charge is 0.507 e. The number of carbonyl (C=O) groups is 1. The second kappa shape index (κ2) is 6.59. The Morgan fingerprint density at radius 1 is 1.32 bits per heavy atom. The highest BCUT2D eigenvalue weighted by Gasteiger charge is 2.23. The third kappa shape index (κ3) is 3.61. The molecule has 1 aromatic carbocycles. The maximum Gasteiger partial charge on any atom is 0.257 e. The average molecular weight is 348 g/mol. The van der Waals surface area contributed by atoms with Crippen molar-refractivity contribution < 1.29 is 9.90 Å². The highest BCUT2D eigenvalue weighted by atomic mass is 79.9. The van der Waals surface area contributed by atoms with Crippen LogP contribution in [-0.2, 0) is 0 Å². The first-order valence-electron chi connectivity index (χ1n) is 6.18. The SMILES string of the molecule is O=C(c1ccc(Br)cc1O)N1CCN(CCCl)CC1. The van der Waals surface area contributed by atoms with Gasteiger partial charge in [-0.2, -0.15) is 0 Å². The summed E-state index contributed by atoms with van der Waals surface area (Å²) in [5.41, 5.74) is 0.356. The molecule has 1 saturated heterocycles. The molecule has 0 unspecified atom stereocenters. The van der Waals surface area contributed by atoms with E-state index in [1.165, 1.54) is 6.07 Å². The summed E-state index contributed by atoms with van der Waals surface area (Å²) in [5.74, 6) is 0.514. The Morgan fingerprint density at radius 3 is 2.58 bits per heavy atom. The molecular formula is C13H16BrClN2O2. The third-order valence-corrected chi connectivity index (χ3v) is 3.91. The summed E-state index contributed by atoms with van der Waals surface area (Å²) in [7, 11) is 0. The highest BCUT2D eigenvalue weighted by molar-refractivity contribution is 9.10. The number of nitrogens with zero attached hydrogens (tertiary/aromatic N) is 2. The molecule has 1 amide bonds. The van der Waals surface area contributed by atoms with E-state index >= 15 is 0 Å². The lowest BCUT2D eigenvalue weighted by atomic mass is 10.1. The molecule has 1 N–H and O–H groups in total. The van der Waals surface area contributed by atoms with Gasteiger partial charge in [0, 0.05) is 43.1 Å². The molecule has 0 bridgehead atoms. The van der Waals surface area contributed by atoms with E-state index in [2.05, 4.69) is 20.8 Å². The molecule has 0 atom stereocenters. The molecule has 0 aromatic heterocycles. The van der Waals surface area contributed by atoms with Gasteiger partial charge in [0.2, 0.25) is 0 Å². The van der Waals surface area contributed by atoms with Gasteiger partial charge in [-0.15, -0.1) is 11.6 Å². The van der Waals surface area contributed by atoms with Crippen molar-refractivity contribution in [3.05, 3.63) is 28.2 Å². The monoisotopic (exact) mass is 346 g/mol. The van der Waals surface area contributed by atoms with Crippen LogP contribution >= 0.6 is 27.5 Å². The molecule has 6 heteroatoms. The lowest BCUT2D eigenvalue weighted by molar-refractivity contribution is 0.0641.